The fraction of sp³-hybridized carbons (Fsp3) is 0.667. The molecule has 3 heteroatoms. The Morgan fingerprint density at radius 1 is 1.67 bits per heavy atom. The van der Waals surface area contributed by atoms with Gasteiger partial charge in [0.15, 0.2) is 0 Å². The first-order chi connectivity index (χ1) is 5.65. The first-order valence-corrected chi connectivity index (χ1v) is 4.26. The van der Waals surface area contributed by atoms with E-state index in [1.165, 1.54) is 6.08 Å². The molecule has 0 saturated carbocycles. The number of nitrogens with zero attached hydrogens (tertiary/aromatic N) is 1. The summed E-state index contributed by atoms with van der Waals surface area (Å²) in [6, 6.07) is 0.235. The highest BCUT2D eigenvalue weighted by molar-refractivity contribution is 5.87. The summed E-state index contributed by atoms with van der Waals surface area (Å²) in [7, 11) is 0. The monoisotopic (exact) mass is 169 g/mol. The lowest BCUT2D eigenvalue weighted by atomic mass is 10.0. The highest BCUT2D eigenvalue weighted by Crippen LogP contribution is 2.16. The van der Waals surface area contributed by atoms with Crippen LogP contribution >= 0.6 is 0 Å². The number of carbonyl (C=O) groups excluding carboxylic acids is 1. The van der Waals surface area contributed by atoms with Gasteiger partial charge in [0.25, 0.3) is 0 Å². The van der Waals surface area contributed by atoms with Gasteiger partial charge in [0.05, 0.1) is 6.10 Å². The molecule has 0 spiro atoms. The molecule has 0 radical (unpaired) electrons. The van der Waals surface area contributed by atoms with E-state index in [9.17, 15) is 9.90 Å². The van der Waals surface area contributed by atoms with Gasteiger partial charge < -0.3 is 10.0 Å². The van der Waals surface area contributed by atoms with Crippen molar-refractivity contribution in [2.24, 2.45) is 0 Å². The highest BCUT2D eigenvalue weighted by Gasteiger charge is 2.25. The number of amides is 1. The molecule has 1 N–H and O–H groups in total. The zero-order chi connectivity index (χ0) is 9.14. The number of carbonyl (C=O) groups is 1. The summed E-state index contributed by atoms with van der Waals surface area (Å²) in [5.41, 5.74) is 0. The van der Waals surface area contributed by atoms with Gasteiger partial charge in [-0.05, 0) is 25.8 Å². The Morgan fingerprint density at radius 2 is 2.33 bits per heavy atom. The van der Waals surface area contributed by atoms with Crippen molar-refractivity contribution in [3.05, 3.63) is 12.7 Å². The minimum Gasteiger partial charge on any atom is -0.391 e. The summed E-state index contributed by atoms with van der Waals surface area (Å²) in [6.45, 7) is 5.87. The summed E-state index contributed by atoms with van der Waals surface area (Å²) in [4.78, 5) is 12.9. The lowest BCUT2D eigenvalue weighted by Crippen LogP contribution is -2.46. The van der Waals surface area contributed by atoms with Crippen molar-refractivity contribution < 1.29 is 9.90 Å². The largest absolute Gasteiger partial charge is 0.391 e. The third-order valence-electron chi connectivity index (χ3n) is 2.31. The van der Waals surface area contributed by atoms with Gasteiger partial charge in [0, 0.05) is 12.6 Å². The minimum atomic E-state index is -0.356. The van der Waals surface area contributed by atoms with E-state index in [2.05, 4.69) is 6.58 Å². The molecule has 0 aromatic carbocycles. The number of likely N-dealkylation sites (tertiary alicyclic amines) is 1. The summed E-state index contributed by atoms with van der Waals surface area (Å²) in [6.07, 6.45) is 2.61. The number of rotatable bonds is 1. The zero-order valence-electron chi connectivity index (χ0n) is 7.36. The molecule has 2 atom stereocenters. The molecule has 1 amide bonds. The van der Waals surface area contributed by atoms with E-state index < -0.39 is 0 Å². The van der Waals surface area contributed by atoms with Gasteiger partial charge in [0.2, 0.25) is 5.91 Å². The van der Waals surface area contributed by atoms with Crippen LogP contribution in [-0.4, -0.2) is 34.6 Å². The quantitative estimate of drug-likeness (QED) is 0.582. The van der Waals surface area contributed by atoms with E-state index in [1.54, 1.807) is 4.90 Å². The topological polar surface area (TPSA) is 40.5 Å². The van der Waals surface area contributed by atoms with Gasteiger partial charge in [-0.15, -0.1) is 0 Å². The van der Waals surface area contributed by atoms with Crippen LogP contribution < -0.4 is 0 Å². The van der Waals surface area contributed by atoms with Crippen LogP contribution in [0, 0.1) is 0 Å². The maximum Gasteiger partial charge on any atom is 0.246 e. The Bertz CT molecular complexity index is 191. The van der Waals surface area contributed by atoms with Crippen LogP contribution in [-0.2, 0) is 4.79 Å². The standard InChI is InChI=1S/C9H15NO2/c1-3-9(12)10-6-8(11)5-4-7(10)2/h3,7-8,11H,1,4-6H2,2H3/t7-,8+/m1/s1. The maximum atomic E-state index is 11.2. The number of β-amino-alcohol motifs (C(OH)–C–C–N with tert-alkyl or cyclic N) is 1. The Kier molecular flexibility index (Phi) is 2.87. The molecule has 1 fully saturated rings. The van der Waals surface area contributed by atoms with Gasteiger partial charge >= 0.3 is 0 Å². The van der Waals surface area contributed by atoms with Crippen molar-refractivity contribution in [3.8, 4) is 0 Å². The Morgan fingerprint density at radius 3 is 2.92 bits per heavy atom. The summed E-state index contributed by atoms with van der Waals surface area (Å²) < 4.78 is 0. The Hall–Kier alpha value is -0.830. The lowest BCUT2D eigenvalue weighted by Gasteiger charge is -2.35. The second-order valence-electron chi connectivity index (χ2n) is 3.27. The molecule has 1 rings (SSSR count). The van der Waals surface area contributed by atoms with Gasteiger partial charge in [-0.3, -0.25) is 4.79 Å². The number of piperidine rings is 1. The van der Waals surface area contributed by atoms with Crippen molar-refractivity contribution >= 4 is 5.91 Å². The molecule has 1 aliphatic heterocycles. The molecule has 0 unspecified atom stereocenters. The Balaban J connectivity index is 2.60. The molecule has 1 heterocycles. The number of aliphatic hydroxyl groups is 1. The van der Waals surface area contributed by atoms with E-state index in [-0.39, 0.29) is 18.1 Å². The molecule has 0 bridgehead atoms. The molecule has 0 aliphatic carbocycles. The van der Waals surface area contributed by atoms with E-state index in [1.807, 2.05) is 6.92 Å². The van der Waals surface area contributed by atoms with Gasteiger partial charge in [-0.1, -0.05) is 6.58 Å². The van der Waals surface area contributed by atoms with E-state index in [4.69, 9.17) is 0 Å². The third kappa shape index (κ3) is 1.85. The van der Waals surface area contributed by atoms with Crippen molar-refractivity contribution in [2.75, 3.05) is 6.54 Å². The average molecular weight is 169 g/mol. The maximum absolute atomic E-state index is 11.2. The molecule has 0 aromatic heterocycles. The van der Waals surface area contributed by atoms with Crippen molar-refractivity contribution in [1.29, 1.82) is 0 Å². The normalized spacial score (nSPS) is 30.0. The van der Waals surface area contributed by atoms with Crippen LogP contribution in [0.1, 0.15) is 19.8 Å². The predicted molar refractivity (Wildman–Crippen MR) is 46.6 cm³/mol. The van der Waals surface area contributed by atoms with Gasteiger partial charge in [0.1, 0.15) is 0 Å². The number of hydrogen-bond donors (Lipinski definition) is 1. The molecule has 0 aromatic rings. The van der Waals surface area contributed by atoms with Crippen molar-refractivity contribution in [1.82, 2.24) is 4.90 Å². The lowest BCUT2D eigenvalue weighted by molar-refractivity contribution is -0.131. The van der Waals surface area contributed by atoms with E-state index in [0.717, 1.165) is 12.8 Å². The summed E-state index contributed by atoms with van der Waals surface area (Å²) in [5, 5.41) is 9.31. The molecular weight excluding hydrogens is 154 g/mol. The fourth-order valence-electron chi connectivity index (χ4n) is 1.51. The molecule has 68 valence electrons. The highest BCUT2D eigenvalue weighted by atomic mass is 16.3. The third-order valence-corrected chi connectivity index (χ3v) is 2.31. The SMILES string of the molecule is C=CC(=O)N1C[C@@H](O)CC[C@H]1C. The smallest absolute Gasteiger partial charge is 0.246 e. The van der Waals surface area contributed by atoms with Crippen molar-refractivity contribution in [3.63, 3.8) is 0 Å². The van der Waals surface area contributed by atoms with Crippen LogP contribution in [0.4, 0.5) is 0 Å². The fourth-order valence-corrected chi connectivity index (χ4v) is 1.51. The first-order valence-electron chi connectivity index (χ1n) is 4.26. The molecule has 3 nitrogen and oxygen atoms in total. The molecule has 1 saturated heterocycles. The summed E-state index contributed by atoms with van der Waals surface area (Å²) in [5.74, 6) is -0.0822. The Labute approximate surface area is 72.7 Å². The number of hydrogen-bond acceptors (Lipinski definition) is 2. The van der Waals surface area contributed by atoms with Crippen LogP contribution in [0.5, 0.6) is 0 Å². The van der Waals surface area contributed by atoms with Gasteiger partial charge in [-0.25, -0.2) is 0 Å². The van der Waals surface area contributed by atoms with Gasteiger partial charge in [-0.2, -0.15) is 0 Å². The van der Waals surface area contributed by atoms with Crippen LogP contribution in [0.2, 0.25) is 0 Å². The first kappa shape index (κ1) is 9.26. The number of aliphatic hydroxyl groups excluding tert-OH is 1. The molecule has 1 aliphatic rings. The summed E-state index contributed by atoms with van der Waals surface area (Å²) >= 11 is 0. The minimum absolute atomic E-state index is 0.0822. The van der Waals surface area contributed by atoms with Crippen molar-refractivity contribution in [2.45, 2.75) is 31.9 Å². The zero-order valence-corrected chi connectivity index (χ0v) is 7.36. The van der Waals surface area contributed by atoms with E-state index in [0.29, 0.717) is 6.54 Å². The predicted octanol–water partition coefficient (Wildman–Crippen LogP) is 0.544. The van der Waals surface area contributed by atoms with Crippen LogP contribution in [0.15, 0.2) is 12.7 Å². The van der Waals surface area contributed by atoms with E-state index >= 15 is 0 Å². The molecule has 12 heavy (non-hydrogen) atoms. The van der Waals surface area contributed by atoms with Crippen LogP contribution in [0.3, 0.4) is 0 Å². The van der Waals surface area contributed by atoms with Crippen LogP contribution in [0.25, 0.3) is 0 Å². The second-order valence-corrected chi connectivity index (χ2v) is 3.27. The second kappa shape index (κ2) is 3.72. The molecular formula is C9H15NO2. The average Bonchev–Trinajstić information content (AvgIpc) is 2.08.